The van der Waals surface area contributed by atoms with Gasteiger partial charge in [0, 0.05) is 37.6 Å². The van der Waals surface area contributed by atoms with Crippen molar-refractivity contribution in [1.82, 2.24) is 24.8 Å². The van der Waals surface area contributed by atoms with Crippen molar-refractivity contribution in [2.24, 2.45) is 0 Å². The summed E-state index contributed by atoms with van der Waals surface area (Å²) < 4.78 is 13.1. The first-order chi connectivity index (χ1) is 13.2. The molecule has 2 aromatic heterocycles. The van der Waals surface area contributed by atoms with Gasteiger partial charge in [0.25, 0.3) is 0 Å². The lowest BCUT2D eigenvalue weighted by atomic mass is 10.1. The molecule has 1 aromatic carbocycles. The lowest BCUT2D eigenvalue weighted by molar-refractivity contribution is 0.210. The second kappa shape index (κ2) is 7.53. The van der Waals surface area contributed by atoms with Crippen molar-refractivity contribution in [2.75, 3.05) is 33.4 Å². The third-order valence-corrected chi connectivity index (χ3v) is 4.49. The van der Waals surface area contributed by atoms with E-state index in [1.54, 1.807) is 22.7 Å². The van der Waals surface area contributed by atoms with Crippen molar-refractivity contribution >= 4 is 11.7 Å². The third-order valence-electron chi connectivity index (χ3n) is 4.49. The number of methoxy groups -OCH3 is 1. The molecule has 140 valence electrons. The maximum absolute atomic E-state index is 11.5. The van der Waals surface area contributed by atoms with Crippen molar-refractivity contribution in [3.05, 3.63) is 42.7 Å². The summed E-state index contributed by atoms with van der Waals surface area (Å²) in [4.78, 5) is 17.5. The SMILES string of the molecule is COc1cc(-c2ccc3nccn3n2)ccc1OCCCN1CCNC1=O. The van der Waals surface area contributed by atoms with E-state index < -0.39 is 0 Å². The molecular formula is C19H21N5O3. The van der Waals surface area contributed by atoms with Crippen LogP contribution in [0.4, 0.5) is 4.79 Å². The second-order valence-electron chi connectivity index (χ2n) is 6.24. The van der Waals surface area contributed by atoms with Gasteiger partial charge in [-0.25, -0.2) is 14.3 Å². The average molecular weight is 367 g/mol. The molecule has 0 atom stereocenters. The van der Waals surface area contributed by atoms with Crippen molar-refractivity contribution in [1.29, 1.82) is 0 Å². The minimum Gasteiger partial charge on any atom is -0.493 e. The Morgan fingerprint density at radius 3 is 2.96 bits per heavy atom. The van der Waals surface area contributed by atoms with Crippen LogP contribution in [0, 0.1) is 0 Å². The van der Waals surface area contributed by atoms with Crippen LogP contribution >= 0.6 is 0 Å². The summed E-state index contributed by atoms with van der Waals surface area (Å²) in [5, 5.41) is 7.34. The minimum absolute atomic E-state index is 0.000653. The molecule has 0 unspecified atom stereocenters. The van der Waals surface area contributed by atoms with Crippen molar-refractivity contribution in [3.63, 3.8) is 0 Å². The van der Waals surface area contributed by atoms with Crippen molar-refractivity contribution < 1.29 is 14.3 Å². The fraction of sp³-hybridized carbons (Fsp3) is 0.316. The molecule has 8 nitrogen and oxygen atoms in total. The standard InChI is InChI=1S/C19H21N5O3/c1-26-17-13-14(15-4-6-18-20-8-11-24(18)22-15)3-5-16(17)27-12-2-9-23-10-7-21-19(23)25/h3-6,8,11,13H,2,7,9-10,12H2,1H3,(H,21,25). The Balaban J connectivity index is 1.42. The highest BCUT2D eigenvalue weighted by atomic mass is 16.5. The number of hydrogen-bond donors (Lipinski definition) is 1. The Kier molecular flexibility index (Phi) is 4.78. The van der Waals surface area contributed by atoms with Gasteiger partial charge < -0.3 is 19.7 Å². The largest absolute Gasteiger partial charge is 0.493 e. The van der Waals surface area contributed by atoms with E-state index in [-0.39, 0.29) is 6.03 Å². The van der Waals surface area contributed by atoms with Crippen LogP contribution in [0.15, 0.2) is 42.7 Å². The molecule has 0 radical (unpaired) electrons. The first-order valence-electron chi connectivity index (χ1n) is 8.89. The molecule has 1 fully saturated rings. The van der Waals surface area contributed by atoms with E-state index in [2.05, 4.69) is 15.4 Å². The first kappa shape index (κ1) is 17.1. The van der Waals surface area contributed by atoms with Crippen LogP contribution in [0.5, 0.6) is 11.5 Å². The van der Waals surface area contributed by atoms with Crippen molar-refractivity contribution in [3.8, 4) is 22.8 Å². The van der Waals surface area contributed by atoms with Crippen LogP contribution in [-0.2, 0) is 0 Å². The van der Waals surface area contributed by atoms with E-state index in [4.69, 9.17) is 9.47 Å². The van der Waals surface area contributed by atoms with Gasteiger partial charge in [-0.3, -0.25) is 0 Å². The average Bonchev–Trinajstić information content (AvgIpc) is 3.33. The lowest BCUT2D eigenvalue weighted by Gasteiger charge is -2.15. The lowest BCUT2D eigenvalue weighted by Crippen LogP contribution is -2.29. The molecule has 0 spiro atoms. The number of rotatable bonds is 7. The number of nitrogens with one attached hydrogen (secondary N) is 1. The highest BCUT2D eigenvalue weighted by Crippen LogP contribution is 2.32. The number of fused-ring (bicyclic) bond motifs is 1. The molecule has 0 aliphatic carbocycles. The smallest absolute Gasteiger partial charge is 0.317 e. The fourth-order valence-electron chi connectivity index (χ4n) is 3.08. The van der Waals surface area contributed by atoms with Gasteiger partial charge in [0.05, 0.1) is 19.4 Å². The van der Waals surface area contributed by atoms with Gasteiger partial charge in [-0.15, -0.1) is 0 Å². The zero-order valence-electron chi connectivity index (χ0n) is 15.1. The number of carbonyl (C=O) groups is 1. The van der Waals surface area contributed by atoms with E-state index in [1.807, 2.05) is 36.5 Å². The van der Waals surface area contributed by atoms with E-state index in [9.17, 15) is 4.79 Å². The van der Waals surface area contributed by atoms with Gasteiger partial charge in [0.1, 0.15) is 0 Å². The molecule has 1 saturated heterocycles. The molecule has 0 bridgehead atoms. The molecule has 2 amide bonds. The zero-order valence-corrected chi connectivity index (χ0v) is 15.1. The number of urea groups is 1. The van der Waals surface area contributed by atoms with Crippen LogP contribution < -0.4 is 14.8 Å². The summed E-state index contributed by atoms with van der Waals surface area (Å²) in [6.45, 7) is 2.67. The number of carbonyl (C=O) groups excluding carboxylic acids is 1. The molecule has 0 saturated carbocycles. The number of amides is 2. The topological polar surface area (TPSA) is 81.0 Å². The molecule has 1 N–H and O–H groups in total. The highest BCUT2D eigenvalue weighted by Gasteiger charge is 2.18. The quantitative estimate of drug-likeness (QED) is 0.648. The highest BCUT2D eigenvalue weighted by molar-refractivity contribution is 5.76. The van der Waals surface area contributed by atoms with Crippen LogP contribution in [0.2, 0.25) is 0 Å². The van der Waals surface area contributed by atoms with Gasteiger partial charge in [-0.05, 0) is 36.8 Å². The zero-order chi connectivity index (χ0) is 18.6. The Bertz CT molecular complexity index is 955. The number of imidazole rings is 1. The maximum Gasteiger partial charge on any atom is 0.317 e. The Morgan fingerprint density at radius 1 is 1.22 bits per heavy atom. The summed E-state index contributed by atoms with van der Waals surface area (Å²) in [6.07, 6.45) is 4.29. The van der Waals surface area contributed by atoms with Gasteiger partial charge in [-0.1, -0.05) is 0 Å². The molecule has 1 aliphatic heterocycles. The molecule has 1 aliphatic rings. The number of aromatic nitrogens is 3. The van der Waals surface area contributed by atoms with E-state index >= 15 is 0 Å². The van der Waals surface area contributed by atoms with Crippen LogP contribution in [0.1, 0.15) is 6.42 Å². The predicted molar refractivity (Wildman–Crippen MR) is 100 cm³/mol. The van der Waals surface area contributed by atoms with E-state index in [0.29, 0.717) is 31.2 Å². The molecule has 27 heavy (non-hydrogen) atoms. The number of ether oxygens (including phenoxy) is 2. The Hall–Kier alpha value is -3.29. The monoisotopic (exact) mass is 367 g/mol. The van der Waals surface area contributed by atoms with E-state index in [0.717, 1.165) is 29.9 Å². The van der Waals surface area contributed by atoms with Crippen molar-refractivity contribution in [2.45, 2.75) is 6.42 Å². The molecule has 4 rings (SSSR count). The van der Waals surface area contributed by atoms with Crippen LogP contribution in [0.3, 0.4) is 0 Å². The fourth-order valence-corrected chi connectivity index (χ4v) is 3.08. The van der Waals surface area contributed by atoms with Gasteiger partial charge in [0.15, 0.2) is 17.1 Å². The minimum atomic E-state index is -0.000653. The molecule has 3 aromatic rings. The Morgan fingerprint density at radius 2 is 2.15 bits per heavy atom. The number of hydrogen-bond acceptors (Lipinski definition) is 5. The number of nitrogens with zero attached hydrogens (tertiary/aromatic N) is 4. The van der Waals surface area contributed by atoms with Gasteiger partial charge in [-0.2, -0.15) is 5.10 Å². The van der Waals surface area contributed by atoms with Crippen LogP contribution in [-0.4, -0.2) is 58.9 Å². The third kappa shape index (κ3) is 3.64. The van der Waals surface area contributed by atoms with E-state index in [1.165, 1.54) is 0 Å². The predicted octanol–water partition coefficient (Wildman–Crippen LogP) is 2.20. The summed E-state index contributed by atoms with van der Waals surface area (Å²) in [5.74, 6) is 1.33. The van der Waals surface area contributed by atoms with Crippen LogP contribution in [0.25, 0.3) is 16.9 Å². The summed E-state index contributed by atoms with van der Waals surface area (Å²) >= 11 is 0. The van der Waals surface area contributed by atoms with Gasteiger partial charge >= 0.3 is 6.03 Å². The summed E-state index contributed by atoms with van der Waals surface area (Å²) in [5.41, 5.74) is 2.56. The number of benzene rings is 1. The summed E-state index contributed by atoms with van der Waals surface area (Å²) in [7, 11) is 1.62. The second-order valence-corrected chi connectivity index (χ2v) is 6.24. The Labute approximate surface area is 156 Å². The normalized spacial score (nSPS) is 13.8. The molecule has 3 heterocycles. The molecule has 8 heteroatoms. The molecular weight excluding hydrogens is 346 g/mol. The summed E-state index contributed by atoms with van der Waals surface area (Å²) in [6, 6.07) is 9.60. The van der Waals surface area contributed by atoms with Gasteiger partial charge in [0.2, 0.25) is 0 Å². The maximum atomic E-state index is 11.5. The first-order valence-corrected chi connectivity index (χ1v) is 8.89.